The molecular weight excluding hydrogens is 298 g/mol. The second kappa shape index (κ2) is 7.00. The Labute approximate surface area is 136 Å². The first-order valence-corrected chi connectivity index (χ1v) is 7.58. The number of carbonyl (C=O) groups excluding carboxylic acids is 1. The van der Waals surface area contributed by atoms with Crippen molar-refractivity contribution in [2.75, 3.05) is 20.8 Å². The number of hydrogen-bond donors (Lipinski definition) is 1. The second-order valence-corrected chi connectivity index (χ2v) is 5.95. The highest BCUT2D eigenvalue weighted by Gasteiger charge is 2.37. The standard InChI is InChI=1S/C17H23NO5/c1-10-5-12(6-11(2)16(10)23-4)17(21)18-9-14(22-3)7-13(18)8-15(19)20/h5-6,13-14H,7-9H2,1-4H3,(H,19,20). The van der Waals surface area contributed by atoms with E-state index in [1.165, 1.54) is 0 Å². The van der Waals surface area contributed by atoms with Crippen LogP contribution in [0.3, 0.4) is 0 Å². The molecule has 1 aliphatic heterocycles. The Balaban J connectivity index is 2.29. The minimum absolute atomic E-state index is 0.0697. The Hall–Kier alpha value is -2.08. The number of aliphatic carboxylic acids is 1. The lowest BCUT2D eigenvalue weighted by Crippen LogP contribution is -2.37. The van der Waals surface area contributed by atoms with Crippen molar-refractivity contribution in [3.05, 3.63) is 28.8 Å². The van der Waals surface area contributed by atoms with Crippen LogP contribution in [-0.4, -0.2) is 54.8 Å². The summed E-state index contributed by atoms with van der Waals surface area (Å²) in [6, 6.07) is 3.23. The van der Waals surface area contributed by atoms with E-state index in [4.69, 9.17) is 14.6 Å². The molecule has 1 aromatic carbocycles. The van der Waals surface area contributed by atoms with E-state index in [0.29, 0.717) is 18.5 Å². The number of ether oxygens (including phenoxy) is 2. The molecule has 0 spiro atoms. The van der Waals surface area contributed by atoms with Gasteiger partial charge in [0.2, 0.25) is 0 Å². The fraction of sp³-hybridized carbons (Fsp3) is 0.529. The quantitative estimate of drug-likeness (QED) is 0.898. The number of nitrogens with zero attached hydrogens (tertiary/aromatic N) is 1. The van der Waals surface area contributed by atoms with Crippen LogP contribution in [0.5, 0.6) is 5.75 Å². The van der Waals surface area contributed by atoms with Gasteiger partial charge in [0.05, 0.1) is 19.6 Å². The zero-order valence-electron chi connectivity index (χ0n) is 14.0. The van der Waals surface area contributed by atoms with E-state index < -0.39 is 5.97 Å². The van der Waals surface area contributed by atoms with Gasteiger partial charge in [0.25, 0.3) is 5.91 Å². The van der Waals surface area contributed by atoms with Gasteiger partial charge in [-0.1, -0.05) is 0 Å². The first-order chi connectivity index (χ1) is 10.9. The van der Waals surface area contributed by atoms with Crippen LogP contribution in [0.15, 0.2) is 12.1 Å². The summed E-state index contributed by atoms with van der Waals surface area (Å²) in [5.41, 5.74) is 2.31. The van der Waals surface area contributed by atoms with Gasteiger partial charge in [0, 0.05) is 25.3 Å². The summed E-state index contributed by atoms with van der Waals surface area (Å²) in [5.74, 6) is -0.309. The van der Waals surface area contributed by atoms with E-state index in [1.807, 2.05) is 13.8 Å². The van der Waals surface area contributed by atoms with E-state index in [-0.39, 0.29) is 24.5 Å². The number of carboxylic acid groups (broad SMARTS) is 1. The van der Waals surface area contributed by atoms with Gasteiger partial charge in [0.1, 0.15) is 5.75 Å². The van der Waals surface area contributed by atoms with Crippen LogP contribution in [0.2, 0.25) is 0 Å². The second-order valence-electron chi connectivity index (χ2n) is 5.95. The van der Waals surface area contributed by atoms with Crippen molar-refractivity contribution >= 4 is 11.9 Å². The lowest BCUT2D eigenvalue weighted by atomic mass is 10.0. The molecule has 2 rings (SSSR count). The Bertz CT molecular complexity index is 590. The van der Waals surface area contributed by atoms with Crippen LogP contribution in [0.1, 0.15) is 34.3 Å². The Morgan fingerprint density at radius 2 is 1.87 bits per heavy atom. The molecule has 0 bridgehead atoms. The first-order valence-electron chi connectivity index (χ1n) is 7.58. The Morgan fingerprint density at radius 1 is 1.26 bits per heavy atom. The molecule has 2 atom stereocenters. The number of benzene rings is 1. The molecule has 23 heavy (non-hydrogen) atoms. The molecule has 6 heteroatoms. The van der Waals surface area contributed by atoms with E-state index in [9.17, 15) is 9.59 Å². The van der Waals surface area contributed by atoms with E-state index >= 15 is 0 Å². The molecule has 1 aromatic rings. The van der Waals surface area contributed by atoms with Crippen molar-refractivity contribution in [1.29, 1.82) is 0 Å². The molecule has 1 saturated heterocycles. The summed E-state index contributed by atoms with van der Waals surface area (Å²) >= 11 is 0. The normalized spacial score (nSPS) is 20.6. The molecule has 1 N–H and O–H groups in total. The number of amides is 1. The van der Waals surface area contributed by atoms with Crippen LogP contribution >= 0.6 is 0 Å². The van der Waals surface area contributed by atoms with Crippen molar-refractivity contribution in [3.8, 4) is 5.75 Å². The number of methoxy groups -OCH3 is 2. The monoisotopic (exact) mass is 321 g/mol. The third kappa shape index (κ3) is 3.64. The third-order valence-corrected chi connectivity index (χ3v) is 4.29. The van der Waals surface area contributed by atoms with E-state index in [0.717, 1.165) is 16.9 Å². The number of likely N-dealkylation sites (tertiary alicyclic amines) is 1. The highest BCUT2D eigenvalue weighted by atomic mass is 16.5. The van der Waals surface area contributed by atoms with Crippen molar-refractivity contribution in [2.45, 2.75) is 38.8 Å². The number of carboxylic acids is 1. The lowest BCUT2D eigenvalue weighted by molar-refractivity contribution is -0.137. The van der Waals surface area contributed by atoms with E-state index in [2.05, 4.69) is 0 Å². The Kier molecular flexibility index (Phi) is 5.26. The van der Waals surface area contributed by atoms with Crippen LogP contribution in [0, 0.1) is 13.8 Å². The third-order valence-electron chi connectivity index (χ3n) is 4.29. The van der Waals surface area contributed by atoms with Gasteiger partial charge in [-0.05, 0) is 43.5 Å². The topological polar surface area (TPSA) is 76.1 Å². The molecule has 6 nitrogen and oxygen atoms in total. The maximum Gasteiger partial charge on any atom is 0.305 e. The van der Waals surface area contributed by atoms with Crippen molar-refractivity contribution in [3.63, 3.8) is 0 Å². The minimum atomic E-state index is -0.911. The summed E-state index contributed by atoms with van der Waals surface area (Å²) in [4.78, 5) is 25.5. The summed E-state index contributed by atoms with van der Waals surface area (Å²) in [7, 11) is 3.18. The van der Waals surface area contributed by atoms with Gasteiger partial charge in [-0.15, -0.1) is 0 Å². The van der Waals surface area contributed by atoms with Gasteiger partial charge in [-0.3, -0.25) is 9.59 Å². The van der Waals surface area contributed by atoms with Gasteiger partial charge in [0.15, 0.2) is 0 Å². The van der Waals surface area contributed by atoms with Gasteiger partial charge >= 0.3 is 5.97 Å². The molecule has 126 valence electrons. The van der Waals surface area contributed by atoms with Crippen LogP contribution in [0.4, 0.5) is 0 Å². The SMILES string of the molecule is COc1c(C)cc(C(=O)N2CC(OC)CC2CC(=O)O)cc1C. The minimum Gasteiger partial charge on any atom is -0.496 e. The van der Waals surface area contributed by atoms with Crippen LogP contribution in [0.25, 0.3) is 0 Å². The molecule has 1 amide bonds. The molecule has 2 unspecified atom stereocenters. The maximum atomic E-state index is 12.8. The highest BCUT2D eigenvalue weighted by molar-refractivity contribution is 5.95. The summed E-state index contributed by atoms with van der Waals surface area (Å²) in [6.07, 6.45) is 0.353. The lowest BCUT2D eigenvalue weighted by Gasteiger charge is -2.24. The first kappa shape index (κ1) is 17.3. The van der Waals surface area contributed by atoms with Crippen LogP contribution in [-0.2, 0) is 9.53 Å². The smallest absolute Gasteiger partial charge is 0.305 e. The Morgan fingerprint density at radius 3 is 2.35 bits per heavy atom. The average molecular weight is 321 g/mol. The van der Waals surface area contributed by atoms with Crippen molar-refractivity contribution in [2.24, 2.45) is 0 Å². The molecule has 0 aliphatic carbocycles. The molecule has 0 radical (unpaired) electrons. The molecule has 0 aromatic heterocycles. The van der Waals surface area contributed by atoms with Gasteiger partial charge in [-0.25, -0.2) is 0 Å². The maximum absolute atomic E-state index is 12.8. The zero-order valence-corrected chi connectivity index (χ0v) is 14.0. The molecule has 1 heterocycles. The number of rotatable bonds is 5. The highest BCUT2D eigenvalue weighted by Crippen LogP contribution is 2.28. The number of carbonyl (C=O) groups is 2. The van der Waals surface area contributed by atoms with Gasteiger partial charge in [-0.2, -0.15) is 0 Å². The summed E-state index contributed by atoms with van der Waals surface area (Å²) in [5, 5.41) is 9.06. The largest absolute Gasteiger partial charge is 0.496 e. The zero-order chi connectivity index (χ0) is 17.1. The molecular formula is C17H23NO5. The molecule has 0 saturated carbocycles. The number of aryl methyl sites for hydroxylation is 2. The predicted molar refractivity (Wildman–Crippen MR) is 85.0 cm³/mol. The van der Waals surface area contributed by atoms with E-state index in [1.54, 1.807) is 31.3 Å². The van der Waals surface area contributed by atoms with Gasteiger partial charge < -0.3 is 19.5 Å². The number of hydrogen-bond acceptors (Lipinski definition) is 4. The fourth-order valence-electron chi connectivity index (χ4n) is 3.25. The summed E-state index contributed by atoms with van der Waals surface area (Å²) in [6.45, 7) is 4.19. The predicted octanol–water partition coefficient (Wildman–Crippen LogP) is 2.02. The van der Waals surface area contributed by atoms with Crippen molar-refractivity contribution in [1.82, 2.24) is 4.90 Å². The van der Waals surface area contributed by atoms with Crippen LogP contribution < -0.4 is 4.74 Å². The average Bonchev–Trinajstić information content (AvgIpc) is 2.88. The summed E-state index contributed by atoms with van der Waals surface area (Å²) < 4.78 is 10.6. The van der Waals surface area contributed by atoms with Crippen molar-refractivity contribution < 1.29 is 24.2 Å². The fourth-order valence-corrected chi connectivity index (χ4v) is 3.25. The molecule has 1 aliphatic rings. The molecule has 1 fully saturated rings.